The highest BCUT2D eigenvalue weighted by atomic mass is 79.9. The molecule has 2 atom stereocenters. The third-order valence-electron chi connectivity index (χ3n) is 2.43. The topological polar surface area (TPSA) is 63.2 Å². The fraction of sp³-hybridized carbons (Fsp3) is 0.455. The van der Waals surface area contributed by atoms with Crippen LogP contribution in [0.4, 0.5) is 8.78 Å². The molecule has 0 aromatic heterocycles. The standard InChI is InChI=1S/C11H14BrF2NO3S2/c1-7(3-4-19(2)16)15-20(17,18)11-9(12)5-8(13)6-10(11)14/h5-7,15H,3-4H2,1-2H3. The van der Waals surface area contributed by atoms with Gasteiger partial charge in [-0.15, -0.1) is 0 Å². The predicted octanol–water partition coefficient (Wildman–Crippen LogP) is 2.16. The number of hydrogen-bond acceptors (Lipinski definition) is 3. The van der Waals surface area contributed by atoms with E-state index >= 15 is 0 Å². The first-order valence-electron chi connectivity index (χ1n) is 5.60. The van der Waals surface area contributed by atoms with E-state index in [0.29, 0.717) is 18.2 Å². The van der Waals surface area contributed by atoms with Crippen LogP contribution >= 0.6 is 15.9 Å². The zero-order valence-corrected chi connectivity index (χ0v) is 14.0. The molecule has 4 nitrogen and oxygen atoms in total. The largest absolute Gasteiger partial charge is 0.260 e. The molecular weight excluding hydrogens is 376 g/mol. The Morgan fingerprint density at radius 3 is 2.50 bits per heavy atom. The number of rotatable bonds is 6. The summed E-state index contributed by atoms with van der Waals surface area (Å²) >= 11 is 2.84. The van der Waals surface area contributed by atoms with E-state index < -0.39 is 43.4 Å². The summed E-state index contributed by atoms with van der Waals surface area (Å²) < 4.78 is 63.7. The molecule has 0 radical (unpaired) electrons. The van der Waals surface area contributed by atoms with Crippen LogP contribution in [0.25, 0.3) is 0 Å². The molecule has 9 heteroatoms. The zero-order chi connectivity index (χ0) is 15.5. The van der Waals surface area contributed by atoms with Crippen molar-refractivity contribution in [2.24, 2.45) is 0 Å². The Hall–Kier alpha value is -0.380. The Labute approximate surface area is 127 Å². The normalized spacial score (nSPS) is 15.1. The fourth-order valence-corrected chi connectivity index (χ4v) is 4.64. The van der Waals surface area contributed by atoms with Gasteiger partial charge >= 0.3 is 0 Å². The Bertz CT molecular complexity index is 599. The lowest BCUT2D eigenvalue weighted by Crippen LogP contribution is -2.34. The molecule has 114 valence electrons. The highest BCUT2D eigenvalue weighted by Gasteiger charge is 2.25. The summed E-state index contributed by atoms with van der Waals surface area (Å²) in [5.41, 5.74) is 0. The molecule has 2 unspecified atom stereocenters. The predicted molar refractivity (Wildman–Crippen MR) is 77.4 cm³/mol. The summed E-state index contributed by atoms with van der Waals surface area (Å²) in [6, 6.07) is 0.870. The van der Waals surface area contributed by atoms with E-state index in [-0.39, 0.29) is 4.47 Å². The van der Waals surface area contributed by atoms with Crippen LogP contribution in [-0.2, 0) is 20.8 Å². The molecule has 0 heterocycles. The number of hydrogen-bond donors (Lipinski definition) is 1. The van der Waals surface area contributed by atoms with Crippen LogP contribution in [0.15, 0.2) is 21.5 Å². The van der Waals surface area contributed by atoms with Crippen molar-refractivity contribution in [2.75, 3.05) is 12.0 Å². The molecule has 20 heavy (non-hydrogen) atoms. The maximum atomic E-state index is 13.6. The summed E-state index contributed by atoms with van der Waals surface area (Å²) in [5.74, 6) is -1.71. The summed E-state index contributed by atoms with van der Waals surface area (Å²) in [6.07, 6.45) is 1.86. The van der Waals surface area contributed by atoms with E-state index in [1.807, 2.05) is 0 Å². The van der Waals surface area contributed by atoms with E-state index in [9.17, 15) is 21.4 Å². The Morgan fingerprint density at radius 2 is 2.00 bits per heavy atom. The van der Waals surface area contributed by atoms with Crippen LogP contribution in [0.2, 0.25) is 0 Å². The van der Waals surface area contributed by atoms with Crippen molar-refractivity contribution in [2.45, 2.75) is 24.3 Å². The minimum absolute atomic E-state index is 0.186. The molecule has 0 spiro atoms. The van der Waals surface area contributed by atoms with Gasteiger partial charge in [0.1, 0.15) is 16.5 Å². The van der Waals surface area contributed by atoms with E-state index in [0.717, 1.165) is 6.07 Å². The molecule has 0 amide bonds. The SMILES string of the molecule is CC(CCS(C)=O)NS(=O)(=O)c1c(F)cc(F)cc1Br. The lowest BCUT2D eigenvalue weighted by atomic mass is 10.3. The molecule has 0 saturated carbocycles. The van der Waals surface area contributed by atoms with Crippen LogP contribution in [0.1, 0.15) is 13.3 Å². The minimum atomic E-state index is -4.12. The van der Waals surface area contributed by atoms with Gasteiger partial charge in [-0.25, -0.2) is 21.9 Å². The van der Waals surface area contributed by atoms with Gasteiger partial charge in [0.2, 0.25) is 10.0 Å². The second-order valence-corrected chi connectivity index (χ2v) is 8.35. The van der Waals surface area contributed by atoms with E-state index in [1.165, 1.54) is 6.26 Å². The first-order chi connectivity index (χ1) is 9.13. The fourth-order valence-electron chi connectivity index (χ4n) is 1.51. The molecule has 0 fully saturated rings. The second kappa shape index (κ2) is 7.06. The van der Waals surface area contributed by atoms with Gasteiger partial charge in [-0.3, -0.25) is 4.21 Å². The average molecular weight is 390 g/mol. The van der Waals surface area contributed by atoms with Crippen molar-refractivity contribution < 1.29 is 21.4 Å². The molecule has 1 N–H and O–H groups in total. The maximum Gasteiger partial charge on any atom is 0.244 e. The number of benzene rings is 1. The van der Waals surface area contributed by atoms with Crippen LogP contribution in [0, 0.1) is 11.6 Å². The van der Waals surface area contributed by atoms with Crippen molar-refractivity contribution >= 4 is 36.8 Å². The lowest BCUT2D eigenvalue weighted by molar-refractivity contribution is 0.529. The Balaban J connectivity index is 2.97. The van der Waals surface area contributed by atoms with Gasteiger partial charge in [-0.05, 0) is 35.3 Å². The summed E-state index contributed by atoms with van der Waals surface area (Å²) in [5, 5.41) is 0. The highest BCUT2D eigenvalue weighted by molar-refractivity contribution is 9.10. The Kier molecular flexibility index (Phi) is 6.24. The molecule has 0 aliphatic rings. The molecule has 1 aromatic carbocycles. The molecule has 0 aliphatic heterocycles. The van der Waals surface area contributed by atoms with E-state index in [4.69, 9.17) is 0 Å². The summed E-state index contributed by atoms with van der Waals surface area (Å²) in [7, 11) is -5.16. The van der Waals surface area contributed by atoms with E-state index in [2.05, 4.69) is 20.7 Å². The average Bonchev–Trinajstić information content (AvgIpc) is 2.23. The van der Waals surface area contributed by atoms with Crippen molar-refractivity contribution in [3.8, 4) is 0 Å². The minimum Gasteiger partial charge on any atom is -0.260 e. The van der Waals surface area contributed by atoms with E-state index in [1.54, 1.807) is 6.92 Å². The number of sulfonamides is 1. The van der Waals surface area contributed by atoms with Gasteiger partial charge in [-0.1, -0.05) is 0 Å². The third kappa shape index (κ3) is 4.87. The Morgan fingerprint density at radius 1 is 1.40 bits per heavy atom. The van der Waals surface area contributed by atoms with Crippen molar-refractivity contribution in [3.63, 3.8) is 0 Å². The third-order valence-corrected chi connectivity index (χ3v) is 5.79. The number of nitrogens with one attached hydrogen (secondary N) is 1. The summed E-state index contributed by atoms with van der Waals surface area (Å²) in [4.78, 5) is -0.636. The smallest absolute Gasteiger partial charge is 0.244 e. The van der Waals surface area contributed by atoms with Crippen LogP contribution < -0.4 is 4.72 Å². The molecule has 1 aromatic rings. The van der Waals surface area contributed by atoms with Gasteiger partial charge in [0.15, 0.2) is 0 Å². The van der Waals surface area contributed by atoms with Gasteiger partial charge in [-0.2, -0.15) is 0 Å². The van der Waals surface area contributed by atoms with Crippen LogP contribution in [0.5, 0.6) is 0 Å². The van der Waals surface area contributed by atoms with Crippen LogP contribution in [0.3, 0.4) is 0 Å². The highest BCUT2D eigenvalue weighted by Crippen LogP contribution is 2.26. The van der Waals surface area contributed by atoms with Crippen molar-refractivity contribution in [3.05, 3.63) is 28.2 Å². The van der Waals surface area contributed by atoms with Crippen molar-refractivity contribution in [1.29, 1.82) is 0 Å². The second-order valence-electron chi connectivity index (χ2n) is 4.29. The maximum absolute atomic E-state index is 13.6. The quantitative estimate of drug-likeness (QED) is 0.810. The molecular formula is C11H14BrF2NO3S2. The van der Waals surface area contributed by atoms with Gasteiger partial charge in [0, 0.05) is 39.4 Å². The number of halogens is 3. The molecule has 1 rings (SSSR count). The first-order valence-corrected chi connectivity index (χ1v) is 9.60. The van der Waals surface area contributed by atoms with Gasteiger partial charge in [0.25, 0.3) is 0 Å². The first kappa shape index (κ1) is 17.7. The van der Waals surface area contributed by atoms with Gasteiger partial charge < -0.3 is 0 Å². The monoisotopic (exact) mass is 389 g/mol. The van der Waals surface area contributed by atoms with Gasteiger partial charge in [0.05, 0.1) is 0 Å². The molecule has 0 bridgehead atoms. The summed E-state index contributed by atoms with van der Waals surface area (Å²) in [6.45, 7) is 1.58. The molecule has 0 saturated heterocycles. The van der Waals surface area contributed by atoms with Crippen molar-refractivity contribution in [1.82, 2.24) is 4.72 Å². The lowest BCUT2D eigenvalue weighted by Gasteiger charge is -2.15. The zero-order valence-electron chi connectivity index (χ0n) is 10.8. The molecule has 0 aliphatic carbocycles. The van der Waals surface area contributed by atoms with Crippen LogP contribution in [-0.4, -0.2) is 30.7 Å².